The Bertz CT molecular complexity index is 358. The molecule has 0 heterocycles. The minimum Gasteiger partial charge on any atom is -0.282 e. The maximum Gasteiger partial charge on any atom is 0.294 e. The fourth-order valence-corrected chi connectivity index (χ4v) is 1.85. The summed E-state index contributed by atoms with van der Waals surface area (Å²) in [5.74, 6) is 0. The Hall–Kier alpha value is -0.653. The van der Waals surface area contributed by atoms with Crippen molar-refractivity contribution in [1.82, 2.24) is 0 Å². The summed E-state index contributed by atoms with van der Waals surface area (Å²) in [4.78, 5) is -0.114. The Labute approximate surface area is 68.2 Å². The molecule has 0 aliphatic rings. The molecule has 0 bridgehead atoms. The van der Waals surface area contributed by atoms with Crippen molar-refractivity contribution in [3.8, 4) is 0 Å². The summed E-state index contributed by atoms with van der Waals surface area (Å²) in [6.45, 7) is 0. The average molecular weight is 185 g/mol. The summed E-state index contributed by atoms with van der Waals surface area (Å²) in [5, 5.41) is 0.356. The normalized spacial score (nSPS) is 11.5. The Kier molecular flexibility index (Phi) is 2.12. The molecule has 1 rings (SSSR count). The number of benzene rings is 1. The lowest BCUT2D eigenvalue weighted by Crippen LogP contribution is -2.14. The highest BCUT2D eigenvalue weighted by Crippen LogP contribution is 2.02. The van der Waals surface area contributed by atoms with Crippen LogP contribution in [0.25, 0.3) is 0 Å². The van der Waals surface area contributed by atoms with Crippen molar-refractivity contribution in [2.75, 3.05) is 0 Å². The molecule has 57 valence electrons. The summed E-state index contributed by atoms with van der Waals surface area (Å²) in [6, 6.07) is 6.06. The predicted molar refractivity (Wildman–Crippen MR) is 41.6 cm³/mol. The molecule has 0 fully saturated rings. The highest BCUT2D eigenvalue weighted by Gasteiger charge is 2.10. The maximum absolute atomic E-state index is 10.6. The number of hydrogen-bond donors (Lipinski definition) is 1. The molecule has 11 heavy (non-hydrogen) atoms. The lowest BCUT2D eigenvalue weighted by Gasteiger charge is -1.98. The zero-order chi connectivity index (χ0) is 8.48. The molecule has 0 aliphatic carbocycles. The second kappa shape index (κ2) is 2.76. The van der Waals surface area contributed by atoms with Crippen molar-refractivity contribution < 1.29 is 13.0 Å². The van der Waals surface area contributed by atoms with Gasteiger partial charge in [-0.15, -0.1) is 0 Å². The van der Waals surface area contributed by atoms with E-state index in [4.69, 9.17) is 4.55 Å². The van der Waals surface area contributed by atoms with Crippen LogP contribution in [0, 0.1) is 0 Å². The van der Waals surface area contributed by atoms with Crippen LogP contribution in [-0.2, 0) is 10.1 Å². The molecule has 1 N–H and O–H groups in total. The van der Waals surface area contributed by atoms with Gasteiger partial charge in [0.1, 0.15) is 0 Å². The molecule has 5 heteroatoms. The highest BCUT2D eigenvalue weighted by atomic mass is 32.2. The van der Waals surface area contributed by atoms with E-state index < -0.39 is 10.1 Å². The first-order chi connectivity index (χ1) is 5.02. The zero-order valence-electron chi connectivity index (χ0n) is 5.48. The van der Waals surface area contributed by atoms with E-state index in [9.17, 15) is 8.42 Å². The van der Waals surface area contributed by atoms with Crippen molar-refractivity contribution >= 4 is 25.5 Å². The standard InChI is InChI=1S/C6H5O3SSi/c7-10(8,9)5-3-1-2-4-6(5)11/h1-4H,(H,7,8,9). The predicted octanol–water partition coefficient (Wildman–Crippen LogP) is -0.273. The molecule has 1 aromatic carbocycles. The Morgan fingerprint density at radius 1 is 1.27 bits per heavy atom. The van der Waals surface area contributed by atoms with E-state index in [0.29, 0.717) is 5.19 Å². The van der Waals surface area contributed by atoms with Gasteiger partial charge in [-0.25, -0.2) is 0 Å². The van der Waals surface area contributed by atoms with Gasteiger partial charge in [-0.3, -0.25) is 4.55 Å². The van der Waals surface area contributed by atoms with E-state index in [1.807, 2.05) is 0 Å². The molecule has 0 unspecified atom stereocenters. The van der Waals surface area contributed by atoms with Gasteiger partial charge >= 0.3 is 0 Å². The van der Waals surface area contributed by atoms with Crippen LogP contribution in [-0.4, -0.2) is 23.2 Å². The first-order valence-corrected chi connectivity index (χ1v) is 4.74. The van der Waals surface area contributed by atoms with Gasteiger partial charge in [-0.05, 0) is 11.3 Å². The minimum atomic E-state index is -4.08. The molecule has 0 saturated carbocycles. The second-order valence-electron chi connectivity index (χ2n) is 1.97. The summed E-state index contributed by atoms with van der Waals surface area (Å²) >= 11 is 0. The fraction of sp³-hybridized carbons (Fsp3) is 0. The third-order valence-corrected chi connectivity index (χ3v) is 2.69. The molecule has 0 saturated heterocycles. The molecule has 0 aliphatic heterocycles. The largest absolute Gasteiger partial charge is 0.294 e. The monoisotopic (exact) mass is 185 g/mol. The van der Waals surface area contributed by atoms with Crippen molar-refractivity contribution in [2.45, 2.75) is 4.90 Å². The first-order valence-electron chi connectivity index (χ1n) is 2.80. The third-order valence-electron chi connectivity index (χ3n) is 1.16. The average Bonchev–Trinajstić information content (AvgIpc) is 1.86. The molecular formula is C6H5O3SSi. The van der Waals surface area contributed by atoms with Gasteiger partial charge in [-0.2, -0.15) is 8.42 Å². The molecule has 0 atom stereocenters. The van der Waals surface area contributed by atoms with E-state index in [0.717, 1.165) is 0 Å². The van der Waals surface area contributed by atoms with Crippen LogP contribution < -0.4 is 5.19 Å². The first kappa shape index (κ1) is 8.44. The van der Waals surface area contributed by atoms with Crippen LogP contribution in [0.5, 0.6) is 0 Å². The Morgan fingerprint density at radius 3 is 2.18 bits per heavy atom. The van der Waals surface area contributed by atoms with Gasteiger partial charge in [0.05, 0.1) is 15.1 Å². The molecule has 3 nitrogen and oxygen atoms in total. The molecule has 0 amide bonds. The number of rotatable bonds is 1. The molecule has 0 spiro atoms. The number of hydrogen-bond acceptors (Lipinski definition) is 2. The van der Waals surface area contributed by atoms with Gasteiger partial charge in [0, 0.05) is 0 Å². The van der Waals surface area contributed by atoms with E-state index in [1.54, 1.807) is 12.1 Å². The third kappa shape index (κ3) is 1.89. The lowest BCUT2D eigenvalue weighted by molar-refractivity contribution is 0.484. The molecule has 0 aromatic heterocycles. The van der Waals surface area contributed by atoms with E-state index in [-0.39, 0.29) is 4.90 Å². The van der Waals surface area contributed by atoms with Gasteiger partial charge in [0.15, 0.2) is 0 Å². The smallest absolute Gasteiger partial charge is 0.282 e. The van der Waals surface area contributed by atoms with Crippen molar-refractivity contribution in [3.05, 3.63) is 24.3 Å². The van der Waals surface area contributed by atoms with E-state index in [2.05, 4.69) is 10.2 Å². The molecule has 1 aromatic rings. The second-order valence-corrected chi connectivity index (χ2v) is 3.90. The van der Waals surface area contributed by atoms with Crippen LogP contribution in [0.15, 0.2) is 29.2 Å². The quantitative estimate of drug-likeness (QED) is 0.484. The summed E-state index contributed by atoms with van der Waals surface area (Å²) in [7, 11) is -1.04. The van der Waals surface area contributed by atoms with Crippen LogP contribution in [0.4, 0.5) is 0 Å². The zero-order valence-corrected chi connectivity index (χ0v) is 7.30. The van der Waals surface area contributed by atoms with Crippen LogP contribution in [0.1, 0.15) is 0 Å². The van der Waals surface area contributed by atoms with Crippen molar-refractivity contribution in [1.29, 1.82) is 0 Å². The SMILES string of the molecule is O=S(=O)(O)c1ccccc1[Si]. The minimum absolute atomic E-state index is 0.114. The van der Waals surface area contributed by atoms with Crippen molar-refractivity contribution in [3.63, 3.8) is 0 Å². The van der Waals surface area contributed by atoms with Gasteiger partial charge < -0.3 is 0 Å². The van der Waals surface area contributed by atoms with E-state index in [1.165, 1.54) is 12.1 Å². The van der Waals surface area contributed by atoms with Gasteiger partial charge in [0.2, 0.25) is 0 Å². The summed E-state index contributed by atoms with van der Waals surface area (Å²) < 4.78 is 29.8. The molecular weight excluding hydrogens is 180 g/mol. The van der Waals surface area contributed by atoms with Crippen LogP contribution in [0.3, 0.4) is 0 Å². The summed E-state index contributed by atoms with van der Waals surface area (Å²) in [5.41, 5.74) is 0. The lowest BCUT2D eigenvalue weighted by atomic mass is 10.4. The van der Waals surface area contributed by atoms with Gasteiger partial charge in [-0.1, -0.05) is 18.2 Å². The summed E-state index contributed by atoms with van der Waals surface area (Å²) in [6.07, 6.45) is 0. The van der Waals surface area contributed by atoms with Gasteiger partial charge in [0.25, 0.3) is 10.1 Å². The molecule has 3 radical (unpaired) electrons. The topological polar surface area (TPSA) is 54.4 Å². The Morgan fingerprint density at radius 2 is 1.82 bits per heavy atom. The van der Waals surface area contributed by atoms with Crippen LogP contribution >= 0.6 is 0 Å². The Balaban J connectivity index is 3.37. The van der Waals surface area contributed by atoms with Crippen LogP contribution in [0.2, 0.25) is 0 Å². The maximum atomic E-state index is 10.6. The van der Waals surface area contributed by atoms with Crippen molar-refractivity contribution in [2.24, 2.45) is 0 Å². The highest BCUT2D eigenvalue weighted by molar-refractivity contribution is 7.86. The fourth-order valence-electron chi connectivity index (χ4n) is 0.692. The van der Waals surface area contributed by atoms with E-state index >= 15 is 0 Å².